The summed E-state index contributed by atoms with van der Waals surface area (Å²) in [7, 11) is 0. The molecule has 0 aliphatic heterocycles. The summed E-state index contributed by atoms with van der Waals surface area (Å²) in [4.78, 5) is 0. The van der Waals surface area contributed by atoms with E-state index in [1.807, 2.05) is 18.2 Å². The monoisotopic (exact) mass is 494 g/mol. The van der Waals surface area contributed by atoms with E-state index in [1.54, 1.807) is 6.07 Å². The number of hydrogen-bond acceptors (Lipinski definition) is 0. The lowest BCUT2D eigenvalue weighted by Gasteiger charge is -2.28. The maximum Gasteiger partial charge on any atom is 0.130 e. The zero-order chi connectivity index (χ0) is 25.9. The quantitative estimate of drug-likeness (QED) is 0.184. The molecule has 1 saturated carbocycles. The van der Waals surface area contributed by atoms with Crippen molar-refractivity contribution in [3.63, 3.8) is 0 Å². The van der Waals surface area contributed by atoms with E-state index in [9.17, 15) is 4.39 Å². The summed E-state index contributed by atoms with van der Waals surface area (Å²) in [6, 6.07) is 25.1. The van der Waals surface area contributed by atoms with Gasteiger partial charge in [0.25, 0.3) is 0 Å². The molecule has 3 aromatic rings. The highest BCUT2D eigenvalue weighted by atomic mass is 19.1. The molecule has 0 radical (unpaired) electrons. The van der Waals surface area contributed by atoms with E-state index in [0.29, 0.717) is 11.5 Å². The van der Waals surface area contributed by atoms with E-state index in [4.69, 9.17) is 0 Å². The fourth-order valence-corrected chi connectivity index (χ4v) is 5.74. The van der Waals surface area contributed by atoms with Crippen molar-refractivity contribution in [1.29, 1.82) is 0 Å². The van der Waals surface area contributed by atoms with Crippen molar-refractivity contribution < 1.29 is 4.39 Å². The molecule has 194 valence electrons. The van der Waals surface area contributed by atoms with Crippen molar-refractivity contribution in [3.05, 3.63) is 119 Å². The van der Waals surface area contributed by atoms with Gasteiger partial charge in [-0.2, -0.15) is 0 Å². The summed E-state index contributed by atoms with van der Waals surface area (Å²) in [5.74, 6) is 2.08. The second kappa shape index (κ2) is 14.1. The standard InChI is InChI=1S/C36H43F/c1-3-4-6-9-29-12-14-30(15-13-29)18-21-33-23-25-35(36(37)27-33)24-22-31-16-19-32(20-17-31)26-28(2)34-10-7-5-8-11-34/h3-5,7-8,10-11,16-17,19-20,22-25,27-30H,6,9,12-15,18,21,26H2,1-2H3/t28-,29?,30?/m0/s1. The average Bonchev–Trinajstić information content (AvgIpc) is 2.93. The van der Waals surface area contributed by atoms with E-state index in [0.717, 1.165) is 35.8 Å². The van der Waals surface area contributed by atoms with Gasteiger partial charge in [0.05, 0.1) is 0 Å². The molecule has 0 amide bonds. The number of benzene rings is 3. The van der Waals surface area contributed by atoms with Crippen LogP contribution in [0.1, 0.15) is 92.5 Å². The number of allylic oxidation sites excluding steroid dienone is 2. The van der Waals surface area contributed by atoms with Crippen molar-refractivity contribution in [3.8, 4) is 0 Å². The lowest BCUT2D eigenvalue weighted by Crippen LogP contribution is -2.15. The van der Waals surface area contributed by atoms with Crippen molar-refractivity contribution in [1.82, 2.24) is 0 Å². The Labute approximate surface area is 224 Å². The summed E-state index contributed by atoms with van der Waals surface area (Å²) in [6.45, 7) is 4.38. The van der Waals surface area contributed by atoms with Crippen LogP contribution in [0.25, 0.3) is 12.2 Å². The summed E-state index contributed by atoms with van der Waals surface area (Å²) in [6.07, 6.45) is 19.5. The van der Waals surface area contributed by atoms with E-state index < -0.39 is 0 Å². The van der Waals surface area contributed by atoms with Crippen LogP contribution in [0.3, 0.4) is 0 Å². The molecule has 0 spiro atoms. The molecule has 1 heteroatoms. The molecular weight excluding hydrogens is 451 g/mol. The van der Waals surface area contributed by atoms with Crippen molar-refractivity contribution in [2.75, 3.05) is 0 Å². The zero-order valence-corrected chi connectivity index (χ0v) is 22.7. The van der Waals surface area contributed by atoms with Crippen LogP contribution in [0.4, 0.5) is 4.39 Å². The molecule has 0 heterocycles. The summed E-state index contributed by atoms with van der Waals surface area (Å²) >= 11 is 0. The van der Waals surface area contributed by atoms with Crippen molar-refractivity contribution in [2.45, 2.75) is 77.6 Å². The Morgan fingerprint density at radius 2 is 1.49 bits per heavy atom. The molecule has 0 nitrogen and oxygen atoms in total. The van der Waals surface area contributed by atoms with Crippen LogP contribution in [0.5, 0.6) is 0 Å². The Kier molecular flexibility index (Phi) is 10.4. The third-order valence-corrected chi connectivity index (χ3v) is 8.20. The smallest absolute Gasteiger partial charge is 0.130 e. The van der Waals surface area contributed by atoms with Gasteiger partial charge in [-0.25, -0.2) is 4.39 Å². The van der Waals surface area contributed by atoms with Gasteiger partial charge in [0.1, 0.15) is 5.82 Å². The van der Waals surface area contributed by atoms with Crippen molar-refractivity contribution in [2.24, 2.45) is 11.8 Å². The van der Waals surface area contributed by atoms with Gasteiger partial charge in [-0.3, -0.25) is 0 Å². The molecule has 0 bridgehead atoms. The molecule has 1 atom stereocenters. The second-order valence-electron chi connectivity index (χ2n) is 11.0. The molecule has 4 rings (SSSR count). The van der Waals surface area contributed by atoms with Crippen LogP contribution in [-0.4, -0.2) is 0 Å². The van der Waals surface area contributed by atoms with E-state index in [2.05, 4.69) is 86.7 Å². The van der Waals surface area contributed by atoms with Crippen LogP contribution in [0.2, 0.25) is 0 Å². The van der Waals surface area contributed by atoms with Gasteiger partial charge in [0.15, 0.2) is 0 Å². The SMILES string of the molecule is CC=CCCC1CCC(CCc2ccc(C=Cc3ccc(C[C@H](C)c4ccccc4)cc3)c(F)c2)CC1. The van der Waals surface area contributed by atoms with Gasteiger partial charge in [-0.15, -0.1) is 0 Å². The lowest BCUT2D eigenvalue weighted by atomic mass is 9.78. The highest BCUT2D eigenvalue weighted by molar-refractivity contribution is 5.70. The Balaban J connectivity index is 1.24. The zero-order valence-electron chi connectivity index (χ0n) is 22.7. The Hall–Kier alpha value is -2.93. The van der Waals surface area contributed by atoms with Gasteiger partial charge in [-0.05, 0) is 85.1 Å². The van der Waals surface area contributed by atoms with E-state index >= 15 is 0 Å². The minimum absolute atomic E-state index is 0.116. The van der Waals surface area contributed by atoms with Crippen molar-refractivity contribution >= 4 is 12.2 Å². The topological polar surface area (TPSA) is 0 Å². The van der Waals surface area contributed by atoms with Crippen LogP contribution < -0.4 is 0 Å². The molecule has 3 aromatic carbocycles. The minimum Gasteiger partial charge on any atom is -0.206 e. The highest BCUT2D eigenvalue weighted by Crippen LogP contribution is 2.34. The minimum atomic E-state index is -0.116. The largest absolute Gasteiger partial charge is 0.206 e. The maximum atomic E-state index is 14.8. The van der Waals surface area contributed by atoms with Gasteiger partial charge >= 0.3 is 0 Å². The highest BCUT2D eigenvalue weighted by Gasteiger charge is 2.20. The molecule has 1 aliphatic rings. The molecule has 0 saturated heterocycles. The number of aryl methyl sites for hydroxylation is 1. The number of rotatable bonds is 11. The fourth-order valence-electron chi connectivity index (χ4n) is 5.74. The summed E-state index contributed by atoms with van der Waals surface area (Å²) in [5.41, 5.74) is 5.58. The predicted octanol–water partition coefficient (Wildman–Crippen LogP) is 10.4. The first-order valence-corrected chi connectivity index (χ1v) is 14.3. The molecule has 1 aliphatic carbocycles. The number of halogens is 1. The molecule has 0 aromatic heterocycles. The van der Waals surface area contributed by atoms with Gasteiger partial charge in [0.2, 0.25) is 0 Å². The normalized spacial score (nSPS) is 19.0. The summed E-state index contributed by atoms with van der Waals surface area (Å²) < 4.78 is 14.8. The van der Waals surface area contributed by atoms with Crippen LogP contribution >= 0.6 is 0 Å². The van der Waals surface area contributed by atoms with E-state index in [1.165, 1.54) is 56.1 Å². The number of hydrogen-bond donors (Lipinski definition) is 0. The third kappa shape index (κ3) is 8.56. The summed E-state index contributed by atoms with van der Waals surface area (Å²) in [5, 5.41) is 0. The first kappa shape index (κ1) is 27.1. The van der Waals surface area contributed by atoms with Crippen LogP contribution in [0, 0.1) is 17.7 Å². The van der Waals surface area contributed by atoms with Crippen LogP contribution in [-0.2, 0) is 12.8 Å². The Morgan fingerprint density at radius 3 is 2.16 bits per heavy atom. The molecule has 37 heavy (non-hydrogen) atoms. The van der Waals surface area contributed by atoms with Gasteiger partial charge < -0.3 is 0 Å². The lowest BCUT2D eigenvalue weighted by molar-refractivity contribution is 0.254. The molecular formula is C36H43F. The molecule has 0 N–H and O–H groups in total. The molecule has 1 fully saturated rings. The second-order valence-corrected chi connectivity index (χ2v) is 11.0. The predicted molar refractivity (Wildman–Crippen MR) is 158 cm³/mol. The Morgan fingerprint density at radius 1 is 0.811 bits per heavy atom. The van der Waals surface area contributed by atoms with Crippen LogP contribution in [0.15, 0.2) is 84.9 Å². The average molecular weight is 495 g/mol. The maximum absolute atomic E-state index is 14.8. The molecule has 0 unspecified atom stereocenters. The Bertz CT molecular complexity index is 1130. The van der Waals surface area contributed by atoms with Gasteiger partial charge in [-0.1, -0.05) is 124 Å². The fraction of sp³-hybridized carbons (Fsp3) is 0.389. The first-order valence-electron chi connectivity index (χ1n) is 14.3. The van der Waals surface area contributed by atoms with E-state index in [-0.39, 0.29) is 5.82 Å². The van der Waals surface area contributed by atoms with Gasteiger partial charge in [0, 0.05) is 5.56 Å². The first-order chi connectivity index (χ1) is 18.1. The third-order valence-electron chi connectivity index (χ3n) is 8.20.